The molecule has 0 aromatic carbocycles. The molecule has 0 aromatic heterocycles. The minimum atomic E-state index is -0.578. The Morgan fingerprint density at radius 1 is 0.654 bits per heavy atom. The summed E-state index contributed by atoms with van der Waals surface area (Å²) in [6.07, 6.45) is 2.11. The highest BCUT2D eigenvalue weighted by Crippen LogP contribution is 1.84. The molecular weight excluding hydrogens is 348 g/mol. The molecule has 0 bridgehead atoms. The molecule has 0 aliphatic heterocycles. The van der Waals surface area contributed by atoms with Crippen LogP contribution in [0.15, 0.2) is 25.3 Å². The highest BCUT2D eigenvalue weighted by atomic mass is 16.6. The molecule has 0 spiro atoms. The van der Waals surface area contributed by atoms with Gasteiger partial charge in [0.25, 0.3) is 0 Å². The van der Waals surface area contributed by atoms with Crippen LogP contribution in [0.4, 0.5) is 0 Å². The van der Waals surface area contributed by atoms with Crippen molar-refractivity contribution >= 4 is 23.8 Å². The molecule has 0 saturated carbocycles. The van der Waals surface area contributed by atoms with Crippen molar-refractivity contribution in [3.63, 3.8) is 0 Å². The van der Waals surface area contributed by atoms with Crippen LogP contribution in [-0.4, -0.2) is 76.5 Å². The van der Waals surface area contributed by atoms with Gasteiger partial charge in [-0.05, 0) is 12.2 Å². The highest BCUT2D eigenvalue weighted by molar-refractivity contribution is 5.90. The average Bonchev–Trinajstić information content (AvgIpc) is 2.65. The van der Waals surface area contributed by atoms with Crippen molar-refractivity contribution in [2.75, 3.05) is 52.7 Å². The van der Waals surface area contributed by atoms with E-state index in [0.717, 1.165) is 12.2 Å². The summed E-state index contributed by atoms with van der Waals surface area (Å²) in [7, 11) is 0. The number of carbonyl (C=O) groups excluding carboxylic acids is 4. The molecule has 0 unspecified atom stereocenters. The molecule has 10 nitrogen and oxygen atoms in total. The van der Waals surface area contributed by atoms with Crippen LogP contribution in [-0.2, 0) is 38.1 Å². The summed E-state index contributed by atoms with van der Waals surface area (Å²) in [5, 5.41) is 4.57. The summed E-state index contributed by atoms with van der Waals surface area (Å²) >= 11 is 0. The molecule has 0 fully saturated rings. The molecule has 0 rings (SSSR count). The van der Waals surface area contributed by atoms with Crippen molar-refractivity contribution < 1.29 is 38.1 Å². The van der Waals surface area contributed by atoms with Crippen molar-refractivity contribution in [3.8, 4) is 0 Å². The SMILES string of the molecule is C=CC(=O)NCC(=O)OCCOCCOCCOC(=O)CNC(=O)C=C. The second-order valence-electron chi connectivity index (χ2n) is 4.51. The topological polar surface area (TPSA) is 129 Å². The fourth-order valence-electron chi connectivity index (χ4n) is 1.32. The quantitative estimate of drug-likeness (QED) is 0.206. The minimum Gasteiger partial charge on any atom is -0.462 e. The number of rotatable bonds is 15. The lowest BCUT2D eigenvalue weighted by Crippen LogP contribution is -2.29. The largest absolute Gasteiger partial charge is 0.462 e. The van der Waals surface area contributed by atoms with Gasteiger partial charge in [-0.25, -0.2) is 0 Å². The van der Waals surface area contributed by atoms with Gasteiger partial charge in [0.05, 0.1) is 26.4 Å². The molecule has 2 N–H and O–H groups in total. The minimum absolute atomic E-state index is 0.0524. The van der Waals surface area contributed by atoms with E-state index in [1.165, 1.54) is 0 Å². The molecule has 0 saturated heterocycles. The fraction of sp³-hybridized carbons (Fsp3) is 0.500. The summed E-state index contributed by atoms with van der Waals surface area (Å²) in [4.78, 5) is 44.1. The number of amides is 2. The third-order valence-electron chi connectivity index (χ3n) is 2.54. The second-order valence-corrected chi connectivity index (χ2v) is 4.51. The van der Waals surface area contributed by atoms with Gasteiger partial charge in [-0.1, -0.05) is 13.2 Å². The predicted molar refractivity (Wildman–Crippen MR) is 90.0 cm³/mol. The van der Waals surface area contributed by atoms with Crippen molar-refractivity contribution in [3.05, 3.63) is 25.3 Å². The number of hydrogen-bond acceptors (Lipinski definition) is 8. The van der Waals surface area contributed by atoms with Crippen molar-refractivity contribution in [1.82, 2.24) is 10.6 Å². The third-order valence-corrected chi connectivity index (χ3v) is 2.54. The molecule has 0 aliphatic rings. The van der Waals surface area contributed by atoms with E-state index in [9.17, 15) is 19.2 Å². The van der Waals surface area contributed by atoms with Gasteiger partial charge >= 0.3 is 11.9 Å². The highest BCUT2D eigenvalue weighted by Gasteiger charge is 2.04. The van der Waals surface area contributed by atoms with E-state index in [1.807, 2.05) is 0 Å². The van der Waals surface area contributed by atoms with E-state index in [-0.39, 0.29) is 52.7 Å². The van der Waals surface area contributed by atoms with E-state index in [2.05, 4.69) is 23.8 Å². The van der Waals surface area contributed by atoms with E-state index < -0.39 is 23.8 Å². The first-order chi connectivity index (χ1) is 12.5. The van der Waals surface area contributed by atoms with Crippen LogP contribution in [0, 0.1) is 0 Å². The molecule has 146 valence electrons. The molecule has 10 heteroatoms. The molecule has 0 aromatic rings. The normalized spacial score (nSPS) is 9.69. The smallest absolute Gasteiger partial charge is 0.325 e. The zero-order valence-corrected chi connectivity index (χ0v) is 14.5. The Bertz CT molecular complexity index is 449. The first-order valence-electron chi connectivity index (χ1n) is 7.76. The van der Waals surface area contributed by atoms with E-state index in [1.54, 1.807) is 0 Å². The molecule has 0 radical (unpaired) electrons. The van der Waals surface area contributed by atoms with Crippen molar-refractivity contribution in [1.29, 1.82) is 0 Å². The maximum absolute atomic E-state index is 11.2. The summed E-state index contributed by atoms with van der Waals surface area (Å²) in [6.45, 7) is 7.05. The molecular formula is C16H24N2O8. The van der Waals surface area contributed by atoms with Crippen LogP contribution in [0.3, 0.4) is 0 Å². The summed E-state index contributed by atoms with van der Waals surface area (Å²) in [5.41, 5.74) is 0. The standard InChI is InChI=1S/C16H24N2O8/c1-3-13(19)17-11-15(21)25-9-7-23-5-6-24-8-10-26-16(22)12-18-14(20)4-2/h3-4H,1-2,5-12H2,(H,17,19)(H,18,20). The molecule has 0 aliphatic carbocycles. The van der Waals surface area contributed by atoms with Crippen LogP contribution in [0.1, 0.15) is 0 Å². The maximum atomic E-state index is 11.2. The Morgan fingerprint density at radius 2 is 1.00 bits per heavy atom. The molecule has 26 heavy (non-hydrogen) atoms. The second kappa shape index (κ2) is 15.8. The van der Waals surface area contributed by atoms with Crippen LogP contribution in [0.2, 0.25) is 0 Å². The van der Waals surface area contributed by atoms with Gasteiger partial charge in [0.2, 0.25) is 11.8 Å². The zero-order valence-electron chi connectivity index (χ0n) is 14.5. The van der Waals surface area contributed by atoms with Crippen molar-refractivity contribution in [2.24, 2.45) is 0 Å². The summed E-state index contributed by atoms with van der Waals surface area (Å²) in [5.74, 6) is -2.07. The number of ether oxygens (including phenoxy) is 4. The predicted octanol–water partition coefficient (Wildman–Crippen LogP) is -1.29. The third kappa shape index (κ3) is 14.8. The monoisotopic (exact) mass is 372 g/mol. The van der Waals surface area contributed by atoms with Gasteiger partial charge in [-0.2, -0.15) is 0 Å². The first kappa shape index (κ1) is 23.3. The summed E-state index contributed by atoms with van der Waals surface area (Å²) < 4.78 is 19.9. The van der Waals surface area contributed by atoms with Crippen molar-refractivity contribution in [2.45, 2.75) is 0 Å². The fourth-order valence-corrected chi connectivity index (χ4v) is 1.32. The molecule has 2 amide bonds. The van der Waals surface area contributed by atoms with Gasteiger partial charge in [0.15, 0.2) is 0 Å². The Labute approximate surface area is 151 Å². The first-order valence-corrected chi connectivity index (χ1v) is 7.76. The lowest BCUT2D eigenvalue weighted by atomic mass is 10.5. The van der Waals surface area contributed by atoms with Gasteiger partial charge in [0.1, 0.15) is 26.3 Å². The molecule has 0 atom stereocenters. The Kier molecular flexibility index (Phi) is 14.1. The lowest BCUT2D eigenvalue weighted by molar-refractivity contribution is -0.146. The number of hydrogen-bond donors (Lipinski definition) is 2. The number of carbonyl (C=O) groups is 4. The maximum Gasteiger partial charge on any atom is 0.325 e. The molecule has 0 heterocycles. The van der Waals surface area contributed by atoms with Crippen LogP contribution >= 0.6 is 0 Å². The van der Waals surface area contributed by atoms with Crippen LogP contribution < -0.4 is 10.6 Å². The van der Waals surface area contributed by atoms with E-state index in [0.29, 0.717) is 0 Å². The Hall–Kier alpha value is -2.72. The van der Waals surface area contributed by atoms with E-state index >= 15 is 0 Å². The van der Waals surface area contributed by atoms with Gasteiger partial charge < -0.3 is 29.6 Å². The summed E-state index contributed by atoms with van der Waals surface area (Å²) in [6, 6.07) is 0. The Morgan fingerprint density at radius 3 is 1.35 bits per heavy atom. The lowest BCUT2D eigenvalue weighted by Gasteiger charge is -2.08. The number of esters is 2. The van der Waals surface area contributed by atoms with Gasteiger partial charge in [0, 0.05) is 0 Å². The van der Waals surface area contributed by atoms with Crippen LogP contribution in [0.25, 0.3) is 0 Å². The van der Waals surface area contributed by atoms with E-state index in [4.69, 9.17) is 18.9 Å². The van der Waals surface area contributed by atoms with Gasteiger partial charge in [-0.3, -0.25) is 19.2 Å². The van der Waals surface area contributed by atoms with Crippen LogP contribution in [0.5, 0.6) is 0 Å². The zero-order chi connectivity index (χ0) is 19.6. The Balaban J connectivity index is 3.36. The average molecular weight is 372 g/mol. The number of nitrogens with one attached hydrogen (secondary N) is 2. The van der Waals surface area contributed by atoms with Gasteiger partial charge in [-0.15, -0.1) is 0 Å².